The van der Waals surface area contributed by atoms with Crippen LogP contribution in [0.25, 0.3) is 0 Å². The maximum Gasteiger partial charge on any atom is 0.165 e. The molecule has 3 nitrogen and oxygen atoms in total. The Kier molecular flexibility index (Phi) is 8.31. The first-order chi connectivity index (χ1) is 10.1. The van der Waals surface area contributed by atoms with Gasteiger partial charge in [0.2, 0.25) is 0 Å². The molecule has 0 unspecified atom stereocenters. The first-order valence-corrected chi connectivity index (χ1v) is 7.91. The van der Waals surface area contributed by atoms with E-state index in [9.17, 15) is 4.39 Å². The van der Waals surface area contributed by atoms with Gasteiger partial charge in [0.15, 0.2) is 11.6 Å². The van der Waals surface area contributed by atoms with Gasteiger partial charge in [-0.2, -0.15) is 0 Å². The Morgan fingerprint density at radius 1 is 1.24 bits per heavy atom. The molecule has 0 heterocycles. The standard InChI is InChI=1S/C17H29FN2O/c1-5-20(6-2)10-11-21-17-15(8-7-9-16(17)18)13-19-12-14(3)4/h7-9,14,19H,5-6,10-13H2,1-4H3. The minimum absolute atomic E-state index is 0.279. The molecule has 1 aromatic carbocycles. The summed E-state index contributed by atoms with van der Waals surface area (Å²) in [7, 11) is 0. The lowest BCUT2D eigenvalue weighted by atomic mass is 10.1. The summed E-state index contributed by atoms with van der Waals surface area (Å²) >= 11 is 0. The fourth-order valence-corrected chi connectivity index (χ4v) is 2.17. The van der Waals surface area contributed by atoms with Gasteiger partial charge in [0, 0.05) is 18.7 Å². The zero-order valence-electron chi connectivity index (χ0n) is 13.8. The van der Waals surface area contributed by atoms with E-state index in [-0.39, 0.29) is 5.82 Å². The lowest BCUT2D eigenvalue weighted by molar-refractivity contribution is 0.216. The van der Waals surface area contributed by atoms with Gasteiger partial charge in [-0.15, -0.1) is 0 Å². The molecule has 0 aliphatic rings. The second-order valence-corrected chi connectivity index (χ2v) is 5.63. The van der Waals surface area contributed by atoms with Gasteiger partial charge >= 0.3 is 0 Å². The SMILES string of the molecule is CCN(CC)CCOc1c(F)cccc1CNCC(C)C. The normalized spacial score (nSPS) is 11.4. The van der Waals surface area contributed by atoms with Crippen molar-refractivity contribution in [1.82, 2.24) is 10.2 Å². The predicted molar refractivity (Wildman–Crippen MR) is 86.2 cm³/mol. The van der Waals surface area contributed by atoms with Crippen LogP contribution in [0.5, 0.6) is 5.75 Å². The molecule has 0 aliphatic carbocycles. The Morgan fingerprint density at radius 3 is 2.57 bits per heavy atom. The fourth-order valence-electron chi connectivity index (χ4n) is 2.17. The number of para-hydroxylation sites is 1. The summed E-state index contributed by atoms with van der Waals surface area (Å²) in [5.74, 6) is 0.685. The van der Waals surface area contributed by atoms with E-state index in [1.807, 2.05) is 6.07 Å². The summed E-state index contributed by atoms with van der Waals surface area (Å²) in [6, 6.07) is 5.11. The highest BCUT2D eigenvalue weighted by molar-refractivity contribution is 5.34. The molecule has 0 aromatic heterocycles. The molecule has 0 saturated heterocycles. The van der Waals surface area contributed by atoms with Crippen LogP contribution in [0.2, 0.25) is 0 Å². The van der Waals surface area contributed by atoms with Crippen LogP contribution in [0.4, 0.5) is 4.39 Å². The number of hydrogen-bond acceptors (Lipinski definition) is 3. The fraction of sp³-hybridized carbons (Fsp3) is 0.647. The minimum atomic E-state index is -0.279. The van der Waals surface area contributed by atoms with Crippen molar-refractivity contribution in [3.63, 3.8) is 0 Å². The summed E-state index contributed by atoms with van der Waals surface area (Å²) in [6.07, 6.45) is 0. The largest absolute Gasteiger partial charge is 0.489 e. The average molecular weight is 296 g/mol. The minimum Gasteiger partial charge on any atom is -0.489 e. The summed E-state index contributed by atoms with van der Waals surface area (Å²) in [5, 5.41) is 3.33. The molecule has 0 atom stereocenters. The number of ether oxygens (including phenoxy) is 1. The molecule has 0 radical (unpaired) electrons. The van der Waals surface area contributed by atoms with Gasteiger partial charge in [-0.25, -0.2) is 4.39 Å². The van der Waals surface area contributed by atoms with Gasteiger partial charge in [0.1, 0.15) is 6.61 Å². The molecular formula is C17H29FN2O. The summed E-state index contributed by atoms with van der Waals surface area (Å²) in [4.78, 5) is 2.26. The zero-order valence-corrected chi connectivity index (χ0v) is 13.8. The highest BCUT2D eigenvalue weighted by atomic mass is 19.1. The van der Waals surface area contributed by atoms with E-state index in [2.05, 4.69) is 37.9 Å². The maximum atomic E-state index is 14.0. The van der Waals surface area contributed by atoms with Crippen LogP contribution in [-0.4, -0.2) is 37.7 Å². The van der Waals surface area contributed by atoms with Crippen LogP contribution in [0.15, 0.2) is 18.2 Å². The van der Waals surface area contributed by atoms with Crippen LogP contribution in [0, 0.1) is 11.7 Å². The van der Waals surface area contributed by atoms with Crippen molar-refractivity contribution < 1.29 is 9.13 Å². The molecule has 0 spiro atoms. The molecule has 0 aliphatic heterocycles. The number of hydrogen-bond donors (Lipinski definition) is 1. The van der Waals surface area contributed by atoms with Crippen LogP contribution in [0.3, 0.4) is 0 Å². The van der Waals surface area contributed by atoms with Gasteiger partial charge in [-0.05, 0) is 31.6 Å². The highest BCUT2D eigenvalue weighted by Gasteiger charge is 2.10. The van der Waals surface area contributed by atoms with Crippen molar-refractivity contribution in [1.29, 1.82) is 0 Å². The van der Waals surface area contributed by atoms with Gasteiger partial charge in [0.25, 0.3) is 0 Å². The van der Waals surface area contributed by atoms with Gasteiger partial charge in [-0.3, -0.25) is 0 Å². The third kappa shape index (κ3) is 6.44. The number of benzene rings is 1. The van der Waals surface area contributed by atoms with Crippen molar-refractivity contribution >= 4 is 0 Å². The van der Waals surface area contributed by atoms with Crippen molar-refractivity contribution in [2.24, 2.45) is 5.92 Å². The Balaban J connectivity index is 2.58. The van der Waals surface area contributed by atoms with E-state index in [0.717, 1.165) is 31.7 Å². The van der Waals surface area contributed by atoms with Crippen molar-refractivity contribution in [3.05, 3.63) is 29.6 Å². The molecule has 0 fully saturated rings. The van der Waals surface area contributed by atoms with Gasteiger partial charge in [-0.1, -0.05) is 39.8 Å². The summed E-state index contributed by atoms with van der Waals surface area (Å²) in [5.41, 5.74) is 0.884. The average Bonchev–Trinajstić information content (AvgIpc) is 2.45. The molecule has 0 bridgehead atoms. The molecule has 21 heavy (non-hydrogen) atoms. The second-order valence-electron chi connectivity index (χ2n) is 5.63. The topological polar surface area (TPSA) is 24.5 Å². The molecule has 1 aromatic rings. The Morgan fingerprint density at radius 2 is 1.95 bits per heavy atom. The van der Waals surface area contributed by atoms with Crippen LogP contribution in [0.1, 0.15) is 33.3 Å². The third-order valence-electron chi connectivity index (χ3n) is 3.46. The monoisotopic (exact) mass is 296 g/mol. The van der Waals surface area contributed by atoms with E-state index in [0.29, 0.717) is 24.8 Å². The number of nitrogens with zero attached hydrogens (tertiary/aromatic N) is 1. The van der Waals surface area contributed by atoms with Gasteiger partial charge in [0.05, 0.1) is 0 Å². The lowest BCUT2D eigenvalue weighted by Gasteiger charge is -2.19. The molecule has 0 amide bonds. The van der Waals surface area contributed by atoms with E-state index in [1.54, 1.807) is 6.07 Å². The predicted octanol–water partition coefficient (Wildman–Crippen LogP) is 3.29. The van der Waals surface area contributed by atoms with Crippen molar-refractivity contribution in [2.45, 2.75) is 34.2 Å². The number of likely N-dealkylation sites (N-methyl/N-ethyl adjacent to an activating group) is 1. The van der Waals surface area contributed by atoms with Crippen LogP contribution in [-0.2, 0) is 6.54 Å². The summed E-state index contributed by atoms with van der Waals surface area (Å²) < 4.78 is 19.7. The van der Waals surface area contributed by atoms with Crippen molar-refractivity contribution in [3.8, 4) is 5.75 Å². The maximum absolute atomic E-state index is 14.0. The third-order valence-corrected chi connectivity index (χ3v) is 3.46. The Hall–Kier alpha value is -1.13. The number of halogens is 1. The lowest BCUT2D eigenvalue weighted by Crippen LogP contribution is -2.28. The highest BCUT2D eigenvalue weighted by Crippen LogP contribution is 2.22. The first kappa shape index (κ1) is 17.9. The smallest absolute Gasteiger partial charge is 0.165 e. The number of nitrogens with one attached hydrogen (secondary N) is 1. The Labute approximate surface area is 128 Å². The van der Waals surface area contributed by atoms with E-state index >= 15 is 0 Å². The van der Waals surface area contributed by atoms with Crippen molar-refractivity contribution in [2.75, 3.05) is 32.8 Å². The van der Waals surface area contributed by atoms with E-state index in [1.165, 1.54) is 6.07 Å². The van der Waals surface area contributed by atoms with Gasteiger partial charge < -0.3 is 15.0 Å². The number of rotatable bonds is 10. The molecule has 0 saturated carbocycles. The molecular weight excluding hydrogens is 267 g/mol. The molecule has 1 rings (SSSR count). The zero-order chi connectivity index (χ0) is 15.7. The molecule has 1 N–H and O–H groups in total. The quantitative estimate of drug-likeness (QED) is 0.717. The first-order valence-electron chi connectivity index (χ1n) is 7.91. The van der Waals surface area contributed by atoms with E-state index < -0.39 is 0 Å². The molecule has 120 valence electrons. The van der Waals surface area contributed by atoms with Crippen LogP contribution >= 0.6 is 0 Å². The Bertz CT molecular complexity index is 406. The van der Waals surface area contributed by atoms with E-state index in [4.69, 9.17) is 4.74 Å². The van der Waals surface area contributed by atoms with Crippen LogP contribution < -0.4 is 10.1 Å². The summed E-state index contributed by atoms with van der Waals surface area (Å²) in [6.45, 7) is 13.4. The second kappa shape index (κ2) is 9.74. The molecule has 4 heteroatoms.